The molecule has 0 aliphatic rings. The third-order valence-electron chi connectivity index (χ3n) is 4.76. The highest BCUT2D eigenvalue weighted by Gasteiger charge is 2.21. The molecule has 0 bridgehead atoms. The number of unbranched alkanes of at least 4 members (excludes halogenated alkanes) is 6. The summed E-state index contributed by atoms with van der Waals surface area (Å²) in [5, 5.41) is 19.9. The molecule has 0 saturated carbocycles. The lowest BCUT2D eigenvalue weighted by Crippen LogP contribution is -2.46. The minimum atomic E-state index is -1.07. The maximum atomic E-state index is 11.9. The number of hydrogen-bond acceptors (Lipinski definition) is 5. The maximum Gasteiger partial charge on any atom is 0.303 e. The fourth-order valence-electron chi connectivity index (χ4n) is 3.06. The zero-order chi connectivity index (χ0) is 21.5. The second-order valence-corrected chi connectivity index (χ2v) is 7.25. The van der Waals surface area contributed by atoms with Crippen LogP contribution in [0.15, 0.2) is 24.3 Å². The molecule has 0 saturated heterocycles. The van der Waals surface area contributed by atoms with Gasteiger partial charge in [0.2, 0.25) is 5.91 Å². The van der Waals surface area contributed by atoms with E-state index in [-0.39, 0.29) is 25.2 Å². The summed E-state index contributed by atoms with van der Waals surface area (Å²) in [6.45, 7) is 0. The van der Waals surface area contributed by atoms with Gasteiger partial charge in [-0.05, 0) is 43.4 Å². The third-order valence-corrected chi connectivity index (χ3v) is 4.76. The Balaban J connectivity index is 2.06. The molecule has 0 heterocycles. The molecule has 1 aromatic rings. The summed E-state index contributed by atoms with van der Waals surface area (Å²) < 4.78 is 0. The van der Waals surface area contributed by atoms with E-state index < -0.39 is 17.9 Å². The van der Waals surface area contributed by atoms with Crippen molar-refractivity contribution in [2.45, 2.75) is 76.7 Å². The number of carboxylic acids is 1. The number of hydroxylamine groups is 1. The molecule has 1 aromatic carbocycles. The standard InChI is InChI=1S/C21H33N3O5/c22-17-12-10-16(11-13-17)8-6-4-2-1-3-5-7-9-19(25)23-18(21(28)24-29)14-15-20(26)27/h10-13,18,29H,1-9,14-15,22H2,(H,23,25)(H,24,28)(H,26,27)/t18-/m1/s1. The highest BCUT2D eigenvalue weighted by Crippen LogP contribution is 2.13. The van der Waals surface area contributed by atoms with Crippen molar-refractivity contribution in [1.82, 2.24) is 10.8 Å². The Labute approximate surface area is 171 Å². The Morgan fingerprint density at radius 3 is 2.07 bits per heavy atom. The molecular weight excluding hydrogens is 374 g/mol. The SMILES string of the molecule is Nc1ccc(CCCCCCCCCC(=O)N[C@H](CCC(=O)O)C(=O)NO)cc1. The summed E-state index contributed by atoms with van der Waals surface area (Å²) in [6.07, 6.45) is 8.30. The molecule has 1 rings (SSSR count). The quantitative estimate of drug-likeness (QED) is 0.131. The minimum absolute atomic E-state index is 0.0656. The van der Waals surface area contributed by atoms with Crippen LogP contribution in [0.4, 0.5) is 5.69 Å². The van der Waals surface area contributed by atoms with E-state index in [9.17, 15) is 14.4 Å². The number of carbonyl (C=O) groups excluding carboxylic acids is 2. The van der Waals surface area contributed by atoms with Crippen LogP contribution in [-0.4, -0.2) is 34.1 Å². The number of aliphatic carboxylic acids is 1. The molecule has 0 spiro atoms. The average Bonchev–Trinajstić information content (AvgIpc) is 2.70. The smallest absolute Gasteiger partial charge is 0.303 e. The minimum Gasteiger partial charge on any atom is -0.481 e. The van der Waals surface area contributed by atoms with Crippen molar-refractivity contribution in [1.29, 1.82) is 0 Å². The molecular formula is C21H33N3O5. The van der Waals surface area contributed by atoms with Gasteiger partial charge < -0.3 is 16.2 Å². The van der Waals surface area contributed by atoms with Crippen LogP contribution in [-0.2, 0) is 20.8 Å². The van der Waals surface area contributed by atoms with E-state index in [1.54, 1.807) is 0 Å². The largest absolute Gasteiger partial charge is 0.481 e. The van der Waals surface area contributed by atoms with Gasteiger partial charge in [0.25, 0.3) is 5.91 Å². The molecule has 6 N–H and O–H groups in total. The van der Waals surface area contributed by atoms with Gasteiger partial charge in [-0.15, -0.1) is 0 Å². The number of nitrogens with two attached hydrogens (primary N) is 1. The van der Waals surface area contributed by atoms with Crippen molar-refractivity contribution >= 4 is 23.5 Å². The number of aryl methyl sites for hydroxylation is 1. The van der Waals surface area contributed by atoms with Gasteiger partial charge in [-0.3, -0.25) is 19.6 Å². The summed E-state index contributed by atoms with van der Waals surface area (Å²) in [5.41, 5.74) is 9.22. The molecule has 0 radical (unpaired) electrons. The monoisotopic (exact) mass is 407 g/mol. The molecule has 8 heteroatoms. The summed E-state index contributed by atoms with van der Waals surface area (Å²) >= 11 is 0. The predicted molar refractivity (Wildman–Crippen MR) is 110 cm³/mol. The van der Waals surface area contributed by atoms with Crippen LogP contribution in [0.5, 0.6) is 0 Å². The maximum absolute atomic E-state index is 11.9. The number of nitrogens with one attached hydrogen (secondary N) is 2. The van der Waals surface area contributed by atoms with Crippen LogP contribution in [0, 0.1) is 0 Å². The number of anilines is 1. The lowest BCUT2D eigenvalue weighted by molar-refractivity contribution is -0.139. The number of nitrogen functional groups attached to an aromatic ring is 1. The molecule has 1 atom stereocenters. The van der Waals surface area contributed by atoms with E-state index in [0.717, 1.165) is 44.2 Å². The Kier molecular flexibility index (Phi) is 12.1. The summed E-state index contributed by atoms with van der Waals surface area (Å²) in [5.74, 6) is -2.19. The van der Waals surface area contributed by atoms with Crippen LogP contribution < -0.4 is 16.5 Å². The zero-order valence-electron chi connectivity index (χ0n) is 16.9. The van der Waals surface area contributed by atoms with Gasteiger partial charge in [-0.25, -0.2) is 5.48 Å². The first-order chi connectivity index (χ1) is 13.9. The number of hydrogen-bond donors (Lipinski definition) is 5. The fraction of sp³-hybridized carbons (Fsp3) is 0.571. The summed E-state index contributed by atoms with van der Waals surface area (Å²) in [4.78, 5) is 34.0. The highest BCUT2D eigenvalue weighted by atomic mass is 16.5. The van der Waals surface area contributed by atoms with E-state index in [1.165, 1.54) is 17.5 Å². The third kappa shape index (κ3) is 11.7. The molecule has 29 heavy (non-hydrogen) atoms. The van der Waals surface area contributed by atoms with Crippen molar-refractivity contribution < 1.29 is 24.7 Å². The Bertz CT molecular complexity index is 634. The normalized spacial score (nSPS) is 11.6. The first kappa shape index (κ1) is 24.4. The van der Waals surface area contributed by atoms with Crippen molar-refractivity contribution in [3.8, 4) is 0 Å². The summed E-state index contributed by atoms with van der Waals surface area (Å²) in [6, 6.07) is 6.95. The van der Waals surface area contributed by atoms with Crippen LogP contribution in [0.25, 0.3) is 0 Å². The Morgan fingerprint density at radius 2 is 1.48 bits per heavy atom. The summed E-state index contributed by atoms with van der Waals surface area (Å²) in [7, 11) is 0. The Hall–Kier alpha value is -2.61. The van der Waals surface area contributed by atoms with Crippen LogP contribution in [0.2, 0.25) is 0 Å². The first-order valence-electron chi connectivity index (χ1n) is 10.2. The zero-order valence-corrected chi connectivity index (χ0v) is 16.9. The predicted octanol–water partition coefficient (Wildman–Crippen LogP) is 2.79. The van der Waals surface area contributed by atoms with Gasteiger partial charge in [0.15, 0.2) is 0 Å². The molecule has 0 aromatic heterocycles. The van der Waals surface area contributed by atoms with E-state index in [4.69, 9.17) is 16.0 Å². The van der Waals surface area contributed by atoms with Crippen LogP contribution in [0.3, 0.4) is 0 Å². The molecule has 0 aliphatic carbocycles. The number of benzene rings is 1. The Morgan fingerprint density at radius 1 is 0.897 bits per heavy atom. The molecule has 0 fully saturated rings. The van der Waals surface area contributed by atoms with Crippen molar-refractivity contribution in [2.75, 3.05) is 5.73 Å². The van der Waals surface area contributed by atoms with Gasteiger partial charge in [0, 0.05) is 18.5 Å². The second-order valence-electron chi connectivity index (χ2n) is 7.25. The van der Waals surface area contributed by atoms with Crippen LogP contribution in [0.1, 0.15) is 69.8 Å². The topological polar surface area (TPSA) is 142 Å². The lowest BCUT2D eigenvalue weighted by Gasteiger charge is -2.15. The van der Waals surface area contributed by atoms with Crippen LogP contribution >= 0.6 is 0 Å². The van der Waals surface area contributed by atoms with E-state index >= 15 is 0 Å². The van der Waals surface area contributed by atoms with E-state index in [0.29, 0.717) is 6.42 Å². The number of carboxylic acid groups (broad SMARTS) is 1. The molecule has 0 aliphatic heterocycles. The van der Waals surface area contributed by atoms with E-state index in [1.807, 2.05) is 12.1 Å². The number of carbonyl (C=O) groups is 3. The molecule has 162 valence electrons. The van der Waals surface area contributed by atoms with Crippen molar-refractivity contribution in [3.05, 3.63) is 29.8 Å². The second kappa shape index (κ2) is 14.4. The van der Waals surface area contributed by atoms with Crippen molar-refractivity contribution in [3.63, 3.8) is 0 Å². The van der Waals surface area contributed by atoms with Gasteiger partial charge in [0.05, 0.1) is 0 Å². The van der Waals surface area contributed by atoms with Gasteiger partial charge in [0.1, 0.15) is 6.04 Å². The fourth-order valence-corrected chi connectivity index (χ4v) is 3.06. The van der Waals surface area contributed by atoms with Gasteiger partial charge in [-0.1, -0.05) is 44.2 Å². The molecule has 2 amide bonds. The number of amides is 2. The average molecular weight is 408 g/mol. The number of rotatable bonds is 15. The van der Waals surface area contributed by atoms with Crippen molar-refractivity contribution in [2.24, 2.45) is 0 Å². The highest BCUT2D eigenvalue weighted by molar-refractivity contribution is 5.87. The van der Waals surface area contributed by atoms with Gasteiger partial charge in [-0.2, -0.15) is 0 Å². The first-order valence-corrected chi connectivity index (χ1v) is 10.2. The molecule has 0 unspecified atom stereocenters. The van der Waals surface area contributed by atoms with E-state index in [2.05, 4.69) is 17.4 Å². The molecule has 8 nitrogen and oxygen atoms in total. The van der Waals surface area contributed by atoms with Gasteiger partial charge >= 0.3 is 5.97 Å². The lowest BCUT2D eigenvalue weighted by atomic mass is 10.0.